The van der Waals surface area contributed by atoms with Crippen LogP contribution < -0.4 is 10.6 Å². The van der Waals surface area contributed by atoms with Gasteiger partial charge in [-0.1, -0.05) is 82.1 Å². The molecule has 0 fully saturated rings. The van der Waals surface area contributed by atoms with Gasteiger partial charge in [0.05, 0.1) is 0 Å². The van der Waals surface area contributed by atoms with Crippen molar-refractivity contribution in [2.75, 3.05) is 11.9 Å². The number of amides is 3. The van der Waals surface area contributed by atoms with Gasteiger partial charge >= 0.3 is 6.09 Å². The third-order valence-corrected chi connectivity index (χ3v) is 7.58. The monoisotopic (exact) mass is 573 g/mol. The van der Waals surface area contributed by atoms with E-state index in [-0.39, 0.29) is 17.7 Å². The Kier molecular flexibility index (Phi) is 11.1. The van der Waals surface area contributed by atoms with Crippen LogP contribution in [-0.2, 0) is 14.3 Å². The van der Waals surface area contributed by atoms with Gasteiger partial charge < -0.3 is 20.3 Å². The van der Waals surface area contributed by atoms with Gasteiger partial charge in [0.15, 0.2) is 0 Å². The van der Waals surface area contributed by atoms with Crippen molar-refractivity contribution < 1.29 is 19.1 Å². The minimum Gasteiger partial charge on any atom is -0.444 e. The summed E-state index contributed by atoms with van der Waals surface area (Å²) in [4.78, 5) is 43.3. The van der Waals surface area contributed by atoms with Crippen molar-refractivity contribution >= 4 is 34.4 Å². The first-order valence-electron chi connectivity index (χ1n) is 15.0. The molecule has 3 amide bonds. The number of aryl methyl sites for hydroxylation is 2. The minimum absolute atomic E-state index is 0.184. The van der Waals surface area contributed by atoms with Gasteiger partial charge in [-0.2, -0.15) is 0 Å². The zero-order valence-electron chi connectivity index (χ0n) is 26.4. The summed E-state index contributed by atoms with van der Waals surface area (Å²) in [5.41, 5.74) is 2.57. The fourth-order valence-electron chi connectivity index (χ4n) is 5.16. The number of rotatable bonds is 11. The van der Waals surface area contributed by atoms with E-state index in [4.69, 9.17) is 4.74 Å². The number of nitrogens with zero attached hydrogens (tertiary/aromatic N) is 1. The van der Waals surface area contributed by atoms with Crippen molar-refractivity contribution in [3.05, 3.63) is 77.4 Å². The maximum absolute atomic E-state index is 14.5. The van der Waals surface area contributed by atoms with Gasteiger partial charge in [0.25, 0.3) is 5.91 Å². The second kappa shape index (κ2) is 14.3. The van der Waals surface area contributed by atoms with Gasteiger partial charge in [0.2, 0.25) is 5.91 Å². The predicted molar refractivity (Wildman–Crippen MR) is 170 cm³/mol. The molecule has 226 valence electrons. The van der Waals surface area contributed by atoms with Crippen LogP contribution in [0.2, 0.25) is 0 Å². The van der Waals surface area contributed by atoms with Crippen LogP contribution in [0.3, 0.4) is 0 Å². The lowest BCUT2D eigenvalue weighted by Crippen LogP contribution is -2.55. The highest BCUT2D eigenvalue weighted by molar-refractivity contribution is 6.00. The molecule has 3 rings (SSSR count). The molecule has 0 aromatic heterocycles. The van der Waals surface area contributed by atoms with E-state index >= 15 is 0 Å². The molecule has 0 heterocycles. The summed E-state index contributed by atoms with van der Waals surface area (Å²) >= 11 is 0. The van der Waals surface area contributed by atoms with Crippen molar-refractivity contribution in [1.82, 2.24) is 10.2 Å². The topological polar surface area (TPSA) is 87.7 Å². The molecule has 42 heavy (non-hydrogen) atoms. The zero-order chi connectivity index (χ0) is 31.0. The Morgan fingerprint density at radius 3 is 2.14 bits per heavy atom. The summed E-state index contributed by atoms with van der Waals surface area (Å²) in [6, 6.07) is 17.9. The van der Waals surface area contributed by atoms with Gasteiger partial charge in [-0.05, 0) is 86.6 Å². The van der Waals surface area contributed by atoms with Crippen LogP contribution in [0.5, 0.6) is 0 Å². The number of carbonyl (C=O) groups is 3. The van der Waals surface area contributed by atoms with Crippen molar-refractivity contribution in [2.45, 2.75) is 92.3 Å². The van der Waals surface area contributed by atoms with Gasteiger partial charge in [0, 0.05) is 12.2 Å². The first kappa shape index (κ1) is 32.6. The number of hydrogen-bond acceptors (Lipinski definition) is 4. The maximum atomic E-state index is 14.5. The smallest absolute Gasteiger partial charge is 0.408 e. The Labute approximate surface area is 251 Å². The average molecular weight is 574 g/mol. The first-order valence-corrected chi connectivity index (χ1v) is 15.0. The molecular weight excluding hydrogens is 526 g/mol. The van der Waals surface area contributed by atoms with Crippen LogP contribution in [0.1, 0.15) is 83.5 Å². The highest BCUT2D eigenvalue weighted by Crippen LogP contribution is 2.31. The van der Waals surface area contributed by atoms with Gasteiger partial charge in [-0.3, -0.25) is 9.59 Å². The lowest BCUT2D eigenvalue weighted by atomic mass is 9.91. The van der Waals surface area contributed by atoms with Crippen molar-refractivity contribution in [1.29, 1.82) is 0 Å². The third kappa shape index (κ3) is 8.34. The highest BCUT2D eigenvalue weighted by atomic mass is 16.6. The summed E-state index contributed by atoms with van der Waals surface area (Å²) in [5, 5.41) is 8.03. The number of unbranched alkanes of at least 4 members (excludes halogenated alkanes) is 1. The second-order valence-electron chi connectivity index (χ2n) is 12.2. The number of ether oxygens (including phenoxy) is 1. The fourth-order valence-corrected chi connectivity index (χ4v) is 5.16. The Morgan fingerprint density at radius 2 is 1.55 bits per heavy atom. The fraction of sp³-hybridized carbons (Fsp3) is 0.457. The van der Waals surface area contributed by atoms with E-state index in [0.717, 1.165) is 33.9 Å². The Bertz CT molecular complexity index is 1370. The van der Waals surface area contributed by atoms with Gasteiger partial charge in [0.1, 0.15) is 17.7 Å². The SMILES string of the molecule is CCCCN(C(=O)C(NC(=O)OC(C)(C)C)C(C)CC)C(C(=O)Nc1ccc2ccccc2c1)c1c(C)cccc1C. The van der Waals surface area contributed by atoms with Crippen LogP contribution in [-0.4, -0.2) is 41.0 Å². The van der Waals surface area contributed by atoms with E-state index in [1.807, 2.05) is 88.4 Å². The van der Waals surface area contributed by atoms with Crippen molar-refractivity contribution in [2.24, 2.45) is 5.92 Å². The zero-order valence-corrected chi connectivity index (χ0v) is 26.4. The quantitative estimate of drug-likeness (QED) is 0.246. The average Bonchev–Trinajstić information content (AvgIpc) is 2.93. The van der Waals surface area contributed by atoms with Crippen LogP contribution >= 0.6 is 0 Å². The van der Waals surface area contributed by atoms with Crippen LogP contribution in [0.4, 0.5) is 10.5 Å². The second-order valence-corrected chi connectivity index (χ2v) is 12.2. The summed E-state index contributed by atoms with van der Waals surface area (Å²) in [7, 11) is 0. The van der Waals surface area contributed by atoms with Crippen LogP contribution in [0.25, 0.3) is 10.8 Å². The summed E-state index contributed by atoms with van der Waals surface area (Å²) in [6.45, 7) is 15.6. The lowest BCUT2D eigenvalue weighted by Gasteiger charge is -2.37. The molecule has 7 nitrogen and oxygen atoms in total. The standard InChI is InChI=1S/C35H47N3O4/c1-9-11-21-38(33(40)30(23(3)10-2)37-34(41)42-35(6,7)8)31(29-24(4)15-14-16-25(29)5)32(39)36-28-20-19-26-17-12-13-18-27(26)22-28/h12-20,22-23,30-31H,9-11,21H2,1-8H3,(H,36,39)(H,37,41). The van der Waals surface area contributed by atoms with Crippen molar-refractivity contribution in [3.8, 4) is 0 Å². The molecule has 2 N–H and O–H groups in total. The molecular formula is C35H47N3O4. The molecule has 0 saturated carbocycles. The minimum atomic E-state index is -0.899. The Morgan fingerprint density at radius 1 is 0.905 bits per heavy atom. The maximum Gasteiger partial charge on any atom is 0.408 e. The largest absolute Gasteiger partial charge is 0.444 e. The lowest BCUT2D eigenvalue weighted by molar-refractivity contribution is -0.142. The number of fused-ring (bicyclic) bond motifs is 1. The van der Waals surface area contributed by atoms with E-state index < -0.39 is 23.8 Å². The van der Waals surface area contributed by atoms with Gasteiger partial charge in [-0.25, -0.2) is 4.79 Å². The molecule has 0 aliphatic rings. The predicted octanol–water partition coefficient (Wildman–Crippen LogP) is 7.70. The first-order chi connectivity index (χ1) is 19.9. The van der Waals surface area contributed by atoms with E-state index in [2.05, 4.69) is 17.6 Å². The molecule has 3 aromatic rings. The van der Waals surface area contributed by atoms with Gasteiger partial charge in [-0.15, -0.1) is 0 Å². The summed E-state index contributed by atoms with van der Waals surface area (Å²) in [6.07, 6.45) is 1.55. The van der Waals surface area contributed by atoms with Crippen molar-refractivity contribution in [3.63, 3.8) is 0 Å². The normalized spacial score (nSPS) is 13.6. The van der Waals surface area contributed by atoms with E-state index in [1.165, 1.54) is 0 Å². The Balaban J connectivity index is 2.09. The van der Waals surface area contributed by atoms with E-state index in [9.17, 15) is 14.4 Å². The number of hydrogen-bond donors (Lipinski definition) is 2. The molecule has 7 heteroatoms. The molecule has 3 unspecified atom stereocenters. The number of benzene rings is 3. The number of alkyl carbamates (subject to hydrolysis) is 1. The molecule has 0 bridgehead atoms. The third-order valence-electron chi connectivity index (χ3n) is 7.58. The molecule has 3 atom stereocenters. The van der Waals surface area contributed by atoms with E-state index in [1.54, 1.807) is 25.7 Å². The molecule has 0 radical (unpaired) electrons. The van der Waals surface area contributed by atoms with Crippen LogP contribution in [0.15, 0.2) is 60.7 Å². The van der Waals surface area contributed by atoms with Crippen LogP contribution in [0, 0.1) is 19.8 Å². The van der Waals surface area contributed by atoms with E-state index in [0.29, 0.717) is 25.1 Å². The summed E-state index contributed by atoms with van der Waals surface area (Å²) < 4.78 is 5.52. The summed E-state index contributed by atoms with van der Waals surface area (Å²) in [5.74, 6) is -0.784. The molecule has 0 aliphatic heterocycles. The highest BCUT2D eigenvalue weighted by Gasteiger charge is 2.39. The molecule has 0 spiro atoms. The number of anilines is 1. The molecule has 0 aliphatic carbocycles. The molecule has 3 aromatic carbocycles. The Hall–Kier alpha value is -3.87. The number of carbonyl (C=O) groups excluding carboxylic acids is 3. The number of nitrogens with one attached hydrogen (secondary N) is 2. The molecule has 0 saturated heterocycles.